The van der Waals surface area contributed by atoms with Gasteiger partial charge in [0.15, 0.2) is 0 Å². The molecule has 3 unspecified atom stereocenters. The zero-order chi connectivity index (χ0) is 15.3. The average molecular weight is 282 g/mol. The lowest BCUT2D eigenvalue weighted by molar-refractivity contribution is -0.151. The predicted octanol–water partition coefficient (Wildman–Crippen LogP) is 2.57. The van der Waals surface area contributed by atoms with E-state index in [-0.39, 0.29) is 29.8 Å². The number of carbonyl (C=O) groups excluding carboxylic acids is 2. The van der Waals surface area contributed by atoms with Crippen LogP contribution in [0, 0.1) is 11.8 Å². The highest BCUT2D eigenvalue weighted by Gasteiger charge is 2.41. The fraction of sp³-hybridized carbons (Fsp3) is 0.875. The van der Waals surface area contributed by atoms with E-state index in [1.165, 1.54) is 0 Å². The van der Waals surface area contributed by atoms with Crippen LogP contribution in [0.3, 0.4) is 0 Å². The molecule has 0 spiro atoms. The van der Waals surface area contributed by atoms with Gasteiger partial charge in [0.05, 0.1) is 0 Å². The van der Waals surface area contributed by atoms with Crippen LogP contribution in [-0.4, -0.2) is 35.3 Å². The van der Waals surface area contributed by atoms with Crippen LogP contribution in [0.4, 0.5) is 0 Å². The standard InChI is InChI=1S/C16H30N2O2/c1-6-12(5)14-15(19)17-13(7-2)16(20)18(14)10-8-9-11(3)4/h11-14H,6-10H2,1-5H3,(H,17,19). The Labute approximate surface area is 123 Å². The second kappa shape index (κ2) is 7.65. The van der Waals surface area contributed by atoms with Gasteiger partial charge >= 0.3 is 0 Å². The van der Waals surface area contributed by atoms with Gasteiger partial charge in [-0.3, -0.25) is 9.59 Å². The van der Waals surface area contributed by atoms with Crippen LogP contribution in [0.1, 0.15) is 60.3 Å². The Kier molecular flexibility index (Phi) is 6.50. The van der Waals surface area contributed by atoms with Gasteiger partial charge in [-0.15, -0.1) is 0 Å². The summed E-state index contributed by atoms with van der Waals surface area (Å²) in [5.41, 5.74) is 0. The number of hydrogen-bond donors (Lipinski definition) is 1. The maximum atomic E-state index is 12.5. The van der Waals surface area contributed by atoms with E-state index in [1.54, 1.807) is 0 Å². The quantitative estimate of drug-likeness (QED) is 0.780. The molecule has 0 aromatic heterocycles. The van der Waals surface area contributed by atoms with E-state index in [1.807, 2.05) is 11.8 Å². The molecule has 0 saturated carbocycles. The second-order valence-electron chi connectivity index (χ2n) is 6.37. The minimum absolute atomic E-state index is 0.0235. The number of carbonyl (C=O) groups is 2. The second-order valence-corrected chi connectivity index (χ2v) is 6.37. The highest BCUT2D eigenvalue weighted by atomic mass is 16.2. The molecule has 1 heterocycles. The summed E-state index contributed by atoms with van der Waals surface area (Å²) < 4.78 is 0. The van der Waals surface area contributed by atoms with Crippen molar-refractivity contribution in [1.29, 1.82) is 0 Å². The van der Waals surface area contributed by atoms with Crippen LogP contribution in [-0.2, 0) is 9.59 Å². The van der Waals surface area contributed by atoms with E-state index in [0.717, 1.165) is 19.3 Å². The highest BCUT2D eigenvalue weighted by molar-refractivity contribution is 5.97. The third-order valence-corrected chi connectivity index (χ3v) is 4.27. The molecule has 0 bridgehead atoms. The maximum Gasteiger partial charge on any atom is 0.245 e. The first-order chi connectivity index (χ1) is 9.42. The van der Waals surface area contributed by atoms with Crippen LogP contribution >= 0.6 is 0 Å². The van der Waals surface area contributed by atoms with E-state index in [9.17, 15) is 9.59 Å². The van der Waals surface area contributed by atoms with Gasteiger partial charge in [0.1, 0.15) is 12.1 Å². The molecule has 0 aromatic carbocycles. The van der Waals surface area contributed by atoms with Gasteiger partial charge in [-0.05, 0) is 31.1 Å². The molecule has 20 heavy (non-hydrogen) atoms. The Hall–Kier alpha value is -1.06. The largest absolute Gasteiger partial charge is 0.343 e. The van der Waals surface area contributed by atoms with Gasteiger partial charge in [-0.1, -0.05) is 41.0 Å². The lowest BCUT2D eigenvalue weighted by Gasteiger charge is -2.41. The van der Waals surface area contributed by atoms with Crippen molar-refractivity contribution in [1.82, 2.24) is 10.2 Å². The van der Waals surface area contributed by atoms with Gasteiger partial charge in [-0.2, -0.15) is 0 Å². The summed E-state index contributed by atoms with van der Waals surface area (Å²) in [6.07, 6.45) is 3.64. The Bertz CT molecular complexity index is 341. The van der Waals surface area contributed by atoms with E-state index in [0.29, 0.717) is 18.9 Å². The number of rotatable bonds is 7. The van der Waals surface area contributed by atoms with Gasteiger partial charge in [0.2, 0.25) is 11.8 Å². The van der Waals surface area contributed by atoms with Crippen LogP contribution in [0.5, 0.6) is 0 Å². The SMILES string of the molecule is CCC1NC(=O)C(C(C)CC)N(CCCC(C)C)C1=O. The third kappa shape index (κ3) is 3.97. The summed E-state index contributed by atoms with van der Waals surface area (Å²) in [6.45, 7) is 11.1. The number of nitrogens with zero attached hydrogens (tertiary/aromatic N) is 1. The van der Waals surface area contributed by atoms with Crippen LogP contribution < -0.4 is 5.32 Å². The Morgan fingerprint density at radius 3 is 2.35 bits per heavy atom. The van der Waals surface area contributed by atoms with E-state index < -0.39 is 0 Å². The van der Waals surface area contributed by atoms with Crippen molar-refractivity contribution in [2.24, 2.45) is 11.8 Å². The molecule has 1 rings (SSSR count). The maximum absolute atomic E-state index is 12.5. The molecule has 1 aliphatic heterocycles. The highest BCUT2D eigenvalue weighted by Crippen LogP contribution is 2.22. The molecular formula is C16H30N2O2. The number of hydrogen-bond acceptors (Lipinski definition) is 2. The molecule has 0 radical (unpaired) electrons. The Morgan fingerprint density at radius 1 is 1.20 bits per heavy atom. The van der Waals surface area contributed by atoms with Crippen LogP contribution in [0.2, 0.25) is 0 Å². The van der Waals surface area contributed by atoms with Gasteiger partial charge in [0, 0.05) is 6.54 Å². The third-order valence-electron chi connectivity index (χ3n) is 4.27. The number of nitrogens with one attached hydrogen (secondary N) is 1. The minimum Gasteiger partial charge on any atom is -0.343 e. The van der Waals surface area contributed by atoms with Gasteiger partial charge in [0.25, 0.3) is 0 Å². The Morgan fingerprint density at radius 2 is 1.85 bits per heavy atom. The first-order valence-corrected chi connectivity index (χ1v) is 8.03. The minimum atomic E-state index is -0.332. The molecule has 1 saturated heterocycles. The molecule has 3 atom stereocenters. The summed E-state index contributed by atoms with van der Waals surface area (Å²) in [5, 5.41) is 2.88. The summed E-state index contributed by atoms with van der Waals surface area (Å²) in [6, 6.07) is -0.621. The zero-order valence-corrected chi connectivity index (χ0v) is 13.6. The monoisotopic (exact) mass is 282 g/mol. The molecule has 2 amide bonds. The van der Waals surface area contributed by atoms with Crippen LogP contribution in [0.25, 0.3) is 0 Å². The molecule has 1 fully saturated rings. The first-order valence-electron chi connectivity index (χ1n) is 8.03. The molecule has 0 aliphatic carbocycles. The normalized spacial score (nSPS) is 25.0. The predicted molar refractivity (Wildman–Crippen MR) is 81.2 cm³/mol. The zero-order valence-electron chi connectivity index (χ0n) is 13.6. The fourth-order valence-corrected chi connectivity index (χ4v) is 2.78. The molecule has 116 valence electrons. The molecular weight excluding hydrogens is 252 g/mol. The first kappa shape index (κ1) is 17.0. The van der Waals surface area contributed by atoms with Crippen LogP contribution in [0.15, 0.2) is 0 Å². The summed E-state index contributed by atoms with van der Waals surface area (Å²) >= 11 is 0. The molecule has 1 aliphatic rings. The van der Waals surface area contributed by atoms with Crippen molar-refractivity contribution in [2.75, 3.05) is 6.54 Å². The number of piperazine rings is 1. The summed E-state index contributed by atoms with van der Waals surface area (Å²) in [7, 11) is 0. The molecule has 1 N–H and O–H groups in total. The smallest absolute Gasteiger partial charge is 0.245 e. The summed E-state index contributed by atoms with van der Waals surface area (Å²) in [4.78, 5) is 26.7. The summed E-state index contributed by atoms with van der Waals surface area (Å²) in [5.74, 6) is 0.958. The van der Waals surface area contributed by atoms with Crippen molar-refractivity contribution in [2.45, 2.75) is 72.4 Å². The van der Waals surface area contributed by atoms with Crippen molar-refractivity contribution in [3.05, 3.63) is 0 Å². The van der Waals surface area contributed by atoms with Gasteiger partial charge in [-0.25, -0.2) is 0 Å². The van der Waals surface area contributed by atoms with Crippen molar-refractivity contribution >= 4 is 11.8 Å². The molecule has 4 nitrogen and oxygen atoms in total. The van der Waals surface area contributed by atoms with Gasteiger partial charge < -0.3 is 10.2 Å². The fourth-order valence-electron chi connectivity index (χ4n) is 2.78. The molecule has 0 aromatic rings. The van der Waals surface area contributed by atoms with E-state index in [2.05, 4.69) is 33.0 Å². The van der Waals surface area contributed by atoms with Crippen molar-refractivity contribution in [3.8, 4) is 0 Å². The lowest BCUT2D eigenvalue weighted by atomic mass is 9.92. The van der Waals surface area contributed by atoms with Crippen molar-refractivity contribution < 1.29 is 9.59 Å². The lowest BCUT2D eigenvalue weighted by Crippen LogP contribution is -2.64. The topological polar surface area (TPSA) is 49.4 Å². The van der Waals surface area contributed by atoms with Crippen molar-refractivity contribution in [3.63, 3.8) is 0 Å². The van der Waals surface area contributed by atoms with E-state index in [4.69, 9.17) is 0 Å². The molecule has 4 heteroatoms. The Balaban J connectivity index is 2.82. The number of amides is 2. The van der Waals surface area contributed by atoms with E-state index >= 15 is 0 Å². The average Bonchev–Trinajstić information content (AvgIpc) is 2.41.